The zero-order chi connectivity index (χ0) is 39.4. The largest absolute Gasteiger partial charge is 0.508 e. The molecule has 0 aliphatic carbocycles. The molecule has 10 nitrogen and oxygen atoms in total. The summed E-state index contributed by atoms with van der Waals surface area (Å²) in [7, 11) is 0. The summed E-state index contributed by atoms with van der Waals surface area (Å²) >= 11 is 0. The Morgan fingerprint density at radius 3 is 2.33 bits per heavy atom. The van der Waals surface area contributed by atoms with Crippen LogP contribution in [0.15, 0.2) is 72.8 Å². The first-order valence-electron chi connectivity index (χ1n) is 20.1. The minimum Gasteiger partial charge on any atom is -0.508 e. The van der Waals surface area contributed by atoms with E-state index in [1.54, 1.807) is 23.1 Å². The second kappa shape index (κ2) is 15.1. The SMILES string of the molecule is Cc1cccc([C@@H]2COc3cc(O)ccc3[C@@H]2c2cc(F)c(N3CCC(CN4CCN(c5ccc6c(c5)CN([C@H]5CCC(=O)NC5=O)C6=O)CC4)CC3)c(F)c2)c1. The summed E-state index contributed by atoms with van der Waals surface area (Å²) < 4.78 is 38.4. The van der Waals surface area contributed by atoms with Crippen LogP contribution in [0.25, 0.3) is 0 Å². The van der Waals surface area contributed by atoms with Gasteiger partial charge in [-0.15, -0.1) is 0 Å². The van der Waals surface area contributed by atoms with Crippen molar-refractivity contribution in [2.75, 3.05) is 62.2 Å². The van der Waals surface area contributed by atoms with Gasteiger partial charge >= 0.3 is 0 Å². The van der Waals surface area contributed by atoms with Crippen molar-refractivity contribution in [1.29, 1.82) is 0 Å². The molecule has 4 aromatic carbocycles. The number of carbonyl (C=O) groups is 3. The molecule has 57 heavy (non-hydrogen) atoms. The molecule has 0 radical (unpaired) electrons. The van der Waals surface area contributed by atoms with Crippen molar-refractivity contribution in [1.82, 2.24) is 15.1 Å². The summed E-state index contributed by atoms with van der Waals surface area (Å²) in [5.41, 5.74) is 6.08. The maximum absolute atomic E-state index is 16.1. The number of hydrogen-bond acceptors (Lipinski definition) is 8. The van der Waals surface area contributed by atoms with Gasteiger partial charge in [0.2, 0.25) is 11.8 Å². The number of rotatable bonds is 7. The maximum atomic E-state index is 16.1. The number of fused-ring (bicyclic) bond motifs is 2. The third kappa shape index (κ3) is 7.20. The second-order valence-electron chi connectivity index (χ2n) is 16.3. The Kier molecular flexibility index (Phi) is 9.84. The lowest BCUT2D eigenvalue weighted by atomic mass is 9.75. The number of phenols is 1. The van der Waals surface area contributed by atoms with E-state index in [1.165, 1.54) is 12.1 Å². The molecule has 12 heteroatoms. The molecule has 3 amide bonds. The molecule has 2 N–H and O–H groups in total. The van der Waals surface area contributed by atoms with Crippen LogP contribution in [0.4, 0.5) is 20.2 Å². The van der Waals surface area contributed by atoms with Gasteiger partial charge in [-0.2, -0.15) is 0 Å². The van der Waals surface area contributed by atoms with E-state index in [4.69, 9.17) is 4.74 Å². The summed E-state index contributed by atoms with van der Waals surface area (Å²) in [5.74, 6) is -1.49. The smallest absolute Gasteiger partial charge is 0.255 e. The van der Waals surface area contributed by atoms with Gasteiger partial charge in [0.15, 0.2) is 0 Å². The molecule has 3 fully saturated rings. The number of anilines is 2. The van der Waals surface area contributed by atoms with Gasteiger partial charge in [-0.3, -0.25) is 24.6 Å². The molecule has 5 aliphatic heterocycles. The number of phenolic OH excluding ortho intramolecular Hbond substituents is 1. The number of hydrogen-bond donors (Lipinski definition) is 2. The van der Waals surface area contributed by atoms with Crippen molar-refractivity contribution < 1.29 is 33.0 Å². The number of nitrogens with zero attached hydrogens (tertiary/aromatic N) is 4. The van der Waals surface area contributed by atoms with Gasteiger partial charge in [0.25, 0.3) is 5.91 Å². The quantitative estimate of drug-likeness (QED) is 0.218. The zero-order valence-electron chi connectivity index (χ0n) is 32.1. The topological polar surface area (TPSA) is 106 Å². The molecule has 0 aromatic heterocycles. The molecule has 0 bridgehead atoms. The predicted octanol–water partition coefficient (Wildman–Crippen LogP) is 6.09. The van der Waals surface area contributed by atoms with Crippen LogP contribution < -0.4 is 19.9 Å². The number of halogens is 2. The summed E-state index contributed by atoms with van der Waals surface area (Å²) in [4.78, 5) is 45.5. The Bertz CT molecular complexity index is 2210. The molecule has 5 aliphatic rings. The summed E-state index contributed by atoms with van der Waals surface area (Å²) in [6.07, 6.45) is 2.26. The summed E-state index contributed by atoms with van der Waals surface area (Å²) in [6, 6.07) is 21.4. The fourth-order valence-corrected chi connectivity index (χ4v) is 9.72. The van der Waals surface area contributed by atoms with E-state index < -0.39 is 23.6 Å². The van der Waals surface area contributed by atoms with Gasteiger partial charge in [0.1, 0.15) is 34.9 Å². The first-order chi connectivity index (χ1) is 27.6. The normalized spacial score (nSPS) is 23.0. The monoisotopic (exact) mass is 775 g/mol. The van der Waals surface area contributed by atoms with Crippen molar-refractivity contribution in [2.45, 2.75) is 57.0 Å². The van der Waals surface area contributed by atoms with Gasteiger partial charge in [-0.05, 0) is 85.2 Å². The average molecular weight is 776 g/mol. The van der Waals surface area contributed by atoms with Crippen LogP contribution >= 0.6 is 0 Å². The lowest BCUT2D eigenvalue weighted by Crippen LogP contribution is -2.52. The molecular formula is C45H47F2N5O5. The van der Waals surface area contributed by atoms with Crippen LogP contribution in [0.3, 0.4) is 0 Å². The van der Waals surface area contributed by atoms with Crippen molar-refractivity contribution in [2.24, 2.45) is 5.92 Å². The van der Waals surface area contributed by atoms with E-state index in [9.17, 15) is 19.5 Å². The van der Waals surface area contributed by atoms with E-state index in [1.807, 2.05) is 42.2 Å². The zero-order valence-corrected chi connectivity index (χ0v) is 32.1. The third-order valence-corrected chi connectivity index (χ3v) is 12.7. The van der Waals surface area contributed by atoms with Gasteiger partial charge in [0.05, 0.1) is 6.61 Å². The number of nitrogens with one attached hydrogen (secondary N) is 1. The Hall–Kier alpha value is -5.49. The Balaban J connectivity index is 0.814. The van der Waals surface area contributed by atoms with Crippen molar-refractivity contribution in [3.8, 4) is 11.5 Å². The van der Waals surface area contributed by atoms with E-state index in [0.717, 1.165) is 73.5 Å². The van der Waals surface area contributed by atoms with Crippen molar-refractivity contribution in [3.05, 3.63) is 118 Å². The van der Waals surface area contributed by atoms with E-state index in [0.29, 0.717) is 55.5 Å². The Morgan fingerprint density at radius 1 is 0.825 bits per heavy atom. The van der Waals surface area contributed by atoms with Crippen LogP contribution in [0.5, 0.6) is 11.5 Å². The third-order valence-electron chi connectivity index (χ3n) is 12.7. The maximum Gasteiger partial charge on any atom is 0.255 e. The number of piperidine rings is 2. The molecule has 0 saturated carbocycles. The van der Waals surface area contributed by atoms with E-state index in [-0.39, 0.29) is 41.5 Å². The highest BCUT2D eigenvalue weighted by molar-refractivity contribution is 6.05. The van der Waals surface area contributed by atoms with E-state index in [2.05, 4.69) is 27.2 Å². The lowest BCUT2D eigenvalue weighted by molar-refractivity contribution is -0.136. The van der Waals surface area contributed by atoms with Crippen LogP contribution in [0.1, 0.15) is 75.7 Å². The first kappa shape index (κ1) is 37.1. The number of amides is 3. The fraction of sp³-hybridized carbons (Fsp3) is 0.400. The number of aromatic hydroxyl groups is 1. The number of aryl methyl sites for hydroxylation is 1. The molecule has 0 spiro atoms. The highest BCUT2D eigenvalue weighted by atomic mass is 19.1. The molecule has 296 valence electrons. The number of carbonyl (C=O) groups excluding carboxylic acids is 3. The fourth-order valence-electron chi connectivity index (χ4n) is 9.72. The standard InChI is InChI=1S/C45H47F2N5O5/c1-27-3-2-4-29(19-27)36-26-57-40-23-33(53)6-8-35(40)42(36)30-21-37(46)43(38(47)22-30)51-13-11-28(12-14-51)24-49-15-17-50(18-16-49)32-5-7-34-31(20-32)25-52(45(34)56)39-9-10-41(54)48-44(39)55/h2-8,19-23,28,36,39,42,53H,9-18,24-26H2,1H3,(H,48,54,55)/t36-,39-,42-/m0/s1. The molecule has 5 heterocycles. The predicted molar refractivity (Wildman–Crippen MR) is 212 cm³/mol. The Labute approximate surface area is 331 Å². The molecule has 0 unspecified atom stereocenters. The van der Waals surface area contributed by atoms with Crippen molar-refractivity contribution in [3.63, 3.8) is 0 Å². The van der Waals surface area contributed by atoms with Crippen molar-refractivity contribution >= 4 is 29.1 Å². The van der Waals surface area contributed by atoms with Gasteiger partial charge < -0.3 is 24.5 Å². The average Bonchev–Trinajstić information content (AvgIpc) is 3.52. The van der Waals surface area contributed by atoms with Crippen LogP contribution in [0.2, 0.25) is 0 Å². The van der Waals surface area contributed by atoms with E-state index >= 15 is 8.78 Å². The molecule has 4 aromatic rings. The Morgan fingerprint density at radius 2 is 1.60 bits per heavy atom. The van der Waals surface area contributed by atoms with Crippen LogP contribution in [-0.2, 0) is 16.1 Å². The van der Waals surface area contributed by atoms with Gasteiger partial charge in [-0.1, -0.05) is 35.9 Å². The highest BCUT2D eigenvalue weighted by Gasteiger charge is 2.40. The molecule has 9 rings (SSSR count). The number of imide groups is 1. The highest BCUT2D eigenvalue weighted by Crippen LogP contribution is 2.48. The molecule has 3 saturated heterocycles. The molecular weight excluding hydrogens is 729 g/mol. The number of ether oxygens (including phenoxy) is 1. The summed E-state index contributed by atoms with van der Waals surface area (Å²) in [5, 5.41) is 12.5. The lowest BCUT2D eigenvalue weighted by Gasteiger charge is -2.40. The minimum atomic E-state index is -0.628. The first-order valence-corrected chi connectivity index (χ1v) is 20.1. The van der Waals surface area contributed by atoms with Gasteiger partial charge in [-0.25, -0.2) is 8.78 Å². The second-order valence-corrected chi connectivity index (χ2v) is 16.3. The minimum absolute atomic E-state index is 0.0344. The number of benzene rings is 4. The van der Waals surface area contributed by atoms with Gasteiger partial charge in [0, 0.05) is 93.5 Å². The van der Waals surface area contributed by atoms with Crippen LogP contribution in [0, 0.1) is 24.5 Å². The number of piperazine rings is 1. The van der Waals surface area contributed by atoms with Crippen LogP contribution in [-0.4, -0.2) is 91.1 Å². The summed E-state index contributed by atoms with van der Waals surface area (Å²) in [6.45, 7) is 8.25. The molecule has 3 atom stereocenters.